The zero-order chi connectivity index (χ0) is 15.3. The Morgan fingerprint density at radius 1 is 1.10 bits per heavy atom. The number of aryl methyl sites for hydroxylation is 2. The zero-order valence-corrected chi connectivity index (χ0v) is 13.1. The zero-order valence-electron chi connectivity index (χ0n) is 13.1. The number of hydrogen-bond donors (Lipinski definition) is 0. The fourth-order valence-electron chi connectivity index (χ4n) is 2.19. The summed E-state index contributed by atoms with van der Waals surface area (Å²) in [5, 5.41) is 0. The fourth-order valence-corrected chi connectivity index (χ4v) is 2.19. The van der Waals surface area contributed by atoms with E-state index in [0.717, 1.165) is 16.8 Å². The molecule has 0 spiro atoms. The first-order valence-electron chi connectivity index (χ1n) is 7.03. The van der Waals surface area contributed by atoms with Crippen LogP contribution in [0.3, 0.4) is 0 Å². The van der Waals surface area contributed by atoms with Gasteiger partial charge in [-0.15, -0.1) is 0 Å². The van der Waals surface area contributed by atoms with E-state index in [1.165, 1.54) is 6.92 Å². The van der Waals surface area contributed by atoms with Crippen LogP contribution in [-0.2, 0) is 9.59 Å². The molecule has 0 aliphatic rings. The molecule has 0 saturated heterocycles. The molecule has 20 heavy (non-hydrogen) atoms. The molecule has 0 atom stereocenters. The van der Waals surface area contributed by atoms with Crippen LogP contribution in [0, 0.1) is 13.8 Å². The van der Waals surface area contributed by atoms with E-state index < -0.39 is 0 Å². The molecule has 0 aliphatic heterocycles. The highest BCUT2D eigenvalue weighted by molar-refractivity contribution is 5.98. The highest BCUT2D eigenvalue weighted by Crippen LogP contribution is 2.21. The average Bonchev–Trinajstić information content (AvgIpc) is 2.40. The van der Waals surface area contributed by atoms with Gasteiger partial charge in [-0.05, 0) is 44.9 Å². The fraction of sp³-hybridized carbons (Fsp3) is 0.500. The predicted molar refractivity (Wildman–Crippen MR) is 81.9 cm³/mol. The van der Waals surface area contributed by atoms with Crippen LogP contribution in [0.2, 0.25) is 0 Å². The van der Waals surface area contributed by atoms with Crippen LogP contribution in [0.4, 0.5) is 5.69 Å². The Balaban J connectivity index is 3.04. The third kappa shape index (κ3) is 3.83. The van der Waals surface area contributed by atoms with Gasteiger partial charge in [-0.25, -0.2) is 0 Å². The molecule has 0 unspecified atom stereocenters. The first-order chi connectivity index (χ1) is 9.40. The molecule has 1 aromatic rings. The van der Waals surface area contributed by atoms with Crippen molar-refractivity contribution in [3.8, 4) is 0 Å². The van der Waals surface area contributed by atoms with Gasteiger partial charge in [0, 0.05) is 25.7 Å². The minimum Gasteiger partial charge on any atom is -0.342 e. The smallest absolute Gasteiger partial charge is 0.242 e. The Morgan fingerprint density at radius 3 is 2.20 bits per heavy atom. The van der Waals surface area contributed by atoms with Gasteiger partial charge in [0.2, 0.25) is 11.8 Å². The van der Waals surface area contributed by atoms with Gasteiger partial charge in [-0.3, -0.25) is 9.59 Å². The molecule has 0 bridgehead atoms. The van der Waals surface area contributed by atoms with E-state index in [1.54, 1.807) is 9.80 Å². The van der Waals surface area contributed by atoms with Crippen molar-refractivity contribution in [2.45, 2.75) is 34.6 Å². The van der Waals surface area contributed by atoms with Gasteiger partial charge in [0.15, 0.2) is 0 Å². The molecule has 0 heterocycles. The summed E-state index contributed by atoms with van der Waals surface area (Å²) >= 11 is 0. The van der Waals surface area contributed by atoms with E-state index in [4.69, 9.17) is 0 Å². The summed E-state index contributed by atoms with van der Waals surface area (Å²) in [5.74, 6) is -0.134. The van der Waals surface area contributed by atoms with E-state index in [9.17, 15) is 9.59 Å². The number of carbonyl (C=O) groups excluding carboxylic acids is 2. The van der Waals surface area contributed by atoms with E-state index in [-0.39, 0.29) is 18.4 Å². The molecule has 4 heteroatoms. The minimum absolute atomic E-state index is 0.0221. The van der Waals surface area contributed by atoms with Gasteiger partial charge < -0.3 is 9.80 Å². The monoisotopic (exact) mass is 276 g/mol. The molecule has 1 aromatic carbocycles. The number of nitrogens with zero attached hydrogens (tertiary/aromatic N) is 2. The first kappa shape index (κ1) is 16.2. The molecular formula is C16H24N2O2. The van der Waals surface area contributed by atoms with Crippen molar-refractivity contribution >= 4 is 17.5 Å². The molecule has 0 aromatic heterocycles. The quantitative estimate of drug-likeness (QED) is 0.829. The third-order valence-electron chi connectivity index (χ3n) is 3.45. The number of hydrogen-bond acceptors (Lipinski definition) is 2. The Kier molecular flexibility index (Phi) is 5.74. The normalized spacial score (nSPS) is 10.2. The van der Waals surface area contributed by atoms with Crippen molar-refractivity contribution in [1.29, 1.82) is 0 Å². The summed E-state index contributed by atoms with van der Waals surface area (Å²) in [6.45, 7) is 10.7. The highest BCUT2D eigenvalue weighted by Gasteiger charge is 2.20. The lowest BCUT2D eigenvalue weighted by Crippen LogP contribution is -2.42. The molecule has 0 radical (unpaired) electrons. The third-order valence-corrected chi connectivity index (χ3v) is 3.45. The molecule has 0 N–H and O–H groups in total. The lowest BCUT2D eigenvalue weighted by Gasteiger charge is -2.26. The van der Waals surface area contributed by atoms with Crippen LogP contribution >= 0.6 is 0 Å². The molecular weight excluding hydrogens is 252 g/mol. The van der Waals surface area contributed by atoms with Crippen molar-refractivity contribution in [3.05, 3.63) is 29.3 Å². The van der Waals surface area contributed by atoms with E-state index in [1.807, 2.05) is 45.9 Å². The molecule has 110 valence electrons. The van der Waals surface area contributed by atoms with Crippen LogP contribution in [0.15, 0.2) is 18.2 Å². The Labute approximate surface area is 121 Å². The van der Waals surface area contributed by atoms with Gasteiger partial charge >= 0.3 is 0 Å². The van der Waals surface area contributed by atoms with Crippen molar-refractivity contribution in [3.63, 3.8) is 0 Å². The van der Waals surface area contributed by atoms with Gasteiger partial charge in [-0.2, -0.15) is 0 Å². The summed E-state index contributed by atoms with van der Waals surface area (Å²) in [7, 11) is 0. The maximum atomic E-state index is 12.2. The van der Waals surface area contributed by atoms with Crippen molar-refractivity contribution in [2.24, 2.45) is 0 Å². The SMILES string of the molecule is CCN(CC)C(=O)CN(C(C)=O)c1cc(C)ccc1C. The maximum Gasteiger partial charge on any atom is 0.242 e. The van der Waals surface area contributed by atoms with Crippen LogP contribution in [0.25, 0.3) is 0 Å². The number of carbonyl (C=O) groups is 2. The van der Waals surface area contributed by atoms with E-state index in [2.05, 4.69) is 0 Å². The lowest BCUT2D eigenvalue weighted by molar-refractivity contribution is -0.130. The Hall–Kier alpha value is -1.84. The van der Waals surface area contributed by atoms with E-state index >= 15 is 0 Å². The summed E-state index contributed by atoms with van der Waals surface area (Å²) in [4.78, 5) is 27.4. The number of amides is 2. The predicted octanol–water partition coefficient (Wildman–Crippen LogP) is 2.52. The Morgan fingerprint density at radius 2 is 1.70 bits per heavy atom. The number of likely N-dealkylation sites (N-methyl/N-ethyl adjacent to an activating group) is 1. The molecule has 0 saturated carbocycles. The average molecular weight is 276 g/mol. The molecule has 2 amide bonds. The summed E-state index contributed by atoms with van der Waals surface area (Å²) in [5.41, 5.74) is 2.89. The second-order valence-corrected chi connectivity index (χ2v) is 4.96. The van der Waals surface area contributed by atoms with Crippen LogP contribution < -0.4 is 4.90 Å². The van der Waals surface area contributed by atoms with Crippen molar-refractivity contribution in [1.82, 2.24) is 4.90 Å². The number of rotatable bonds is 5. The van der Waals surface area contributed by atoms with Crippen LogP contribution in [0.1, 0.15) is 31.9 Å². The number of benzene rings is 1. The summed E-state index contributed by atoms with van der Waals surface area (Å²) in [6, 6.07) is 5.93. The molecule has 0 fully saturated rings. The highest BCUT2D eigenvalue weighted by atomic mass is 16.2. The van der Waals surface area contributed by atoms with Gasteiger partial charge in [0.25, 0.3) is 0 Å². The minimum atomic E-state index is -0.112. The van der Waals surface area contributed by atoms with Gasteiger partial charge in [0.05, 0.1) is 0 Å². The second kappa shape index (κ2) is 7.08. The Bertz CT molecular complexity index is 493. The second-order valence-electron chi connectivity index (χ2n) is 4.96. The summed E-state index contributed by atoms with van der Waals surface area (Å²) < 4.78 is 0. The number of anilines is 1. The maximum absolute atomic E-state index is 12.2. The lowest BCUT2D eigenvalue weighted by atomic mass is 10.1. The largest absolute Gasteiger partial charge is 0.342 e. The van der Waals surface area contributed by atoms with Crippen molar-refractivity contribution in [2.75, 3.05) is 24.5 Å². The van der Waals surface area contributed by atoms with Crippen molar-refractivity contribution < 1.29 is 9.59 Å². The molecule has 1 rings (SSSR count). The van der Waals surface area contributed by atoms with Gasteiger partial charge in [-0.1, -0.05) is 12.1 Å². The topological polar surface area (TPSA) is 40.6 Å². The standard InChI is InChI=1S/C16H24N2O2/c1-6-17(7-2)16(20)11-18(14(5)19)15-10-12(3)8-9-13(15)4/h8-10H,6-7,11H2,1-5H3. The summed E-state index contributed by atoms with van der Waals surface area (Å²) in [6.07, 6.45) is 0. The molecule has 0 aliphatic carbocycles. The van der Waals surface area contributed by atoms with E-state index in [0.29, 0.717) is 13.1 Å². The van der Waals surface area contributed by atoms with Gasteiger partial charge in [0.1, 0.15) is 6.54 Å². The first-order valence-corrected chi connectivity index (χ1v) is 7.03. The molecule has 4 nitrogen and oxygen atoms in total. The van der Waals surface area contributed by atoms with Crippen LogP contribution in [0.5, 0.6) is 0 Å². The van der Waals surface area contributed by atoms with Crippen LogP contribution in [-0.4, -0.2) is 36.3 Å².